The summed E-state index contributed by atoms with van der Waals surface area (Å²) in [6.45, 7) is 0. The normalized spacial score (nSPS) is 11.8. The Balaban J connectivity index is 3.12. The Morgan fingerprint density at radius 1 is 1.16 bits per heavy atom. The molecule has 0 saturated carbocycles. The Kier molecular flexibility index (Phi) is 5.44. The van der Waals surface area contributed by atoms with E-state index >= 15 is 0 Å². The summed E-state index contributed by atoms with van der Waals surface area (Å²) in [7, 11) is 4.64. The molecule has 106 valence electrons. The van der Waals surface area contributed by atoms with Crippen LogP contribution in [0.2, 0.25) is 0 Å². The summed E-state index contributed by atoms with van der Waals surface area (Å²) >= 11 is 0. The van der Waals surface area contributed by atoms with Gasteiger partial charge in [-0.1, -0.05) is 0 Å². The molecular weight excluding hydrogens is 248 g/mol. The minimum atomic E-state index is -0.400. The van der Waals surface area contributed by atoms with Crippen molar-refractivity contribution >= 4 is 5.91 Å². The van der Waals surface area contributed by atoms with Gasteiger partial charge in [0.05, 0.1) is 26.9 Å². The first kappa shape index (κ1) is 15.1. The maximum atomic E-state index is 10.8. The number of carbonyl (C=O) groups is 1. The van der Waals surface area contributed by atoms with Crippen LogP contribution in [0.4, 0.5) is 0 Å². The predicted molar refractivity (Wildman–Crippen MR) is 71.5 cm³/mol. The molecule has 0 saturated heterocycles. The standard InChI is InChI=1S/C13H20N2O4/c1-17-8-6-10(18-2)13(11(7-8)19-3)9(14)4-5-12(15)16/h6-7,9H,4-5,14H2,1-3H3,(H2,15,16). The van der Waals surface area contributed by atoms with Gasteiger partial charge in [-0.2, -0.15) is 0 Å². The van der Waals surface area contributed by atoms with Crippen LogP contribution >= 0.6 is 0 Å². The molecule has 0 aliphatic carbocycles. The molecule has 0 fully saturated rings. The summed E-state index contributed by atoms with van der Waals surface area (Å²) < 4.78 is 15.8. The van der Waals surface area contributed by atoms with Crippen LogP contribution in [-0.2, 0) is 4.79 Å². The summed E-state index contributed by atoms with van der Waals surface area (Å²) in [5.74, 6) is 1.35. The second-order valence-electron chi connectivity index (χ2n) is 4.06. The second kappa shape index (κ2) is 6.84. The molecule has 0 spiro atoms. The van der Waals surface area contributed by atoms with Gasteiger partial charge >= 0.3 is 0 Å². The molecule has 19 heavy (non-hydrogen) atoms. The number of rotatable bonds is 7. The summed E-state index contributed by atoms with van der Waals surface area (Å²) in [6.07, 6.45) is 0.633. The van der Waals surface area contributed by atoms with Gasteiger partial charge in [-0.15, -0.1) is 0 Å². The average molecular weight is 268 g/mol. The van der Waals surface area contributed by atoms with E-state index in [2.05, 4.69) is 0 Å². The van der Waals surface area contributed by atoms with Crippen LogP contribution < -0.4 is 25.7 Å². The van der Waals surface area contributed by atoms with Crippen molar-refractivity contribution < 1.29 is 19.0 Å². The monoisotopic (exact) mass is 268 g/mol. The molecule has 1 unspecified atom stereocenters. The van der Waals surface area contributed by atoms with Crippen LogP contribution in [0.3, 0.4) is 0 Å². The summed E-state index contributed by atoms with van der Waals surface area (Å²) in [4.78, 5) is 10.8. The third-order valence-corrected chi connectivity index (χ3v) is 2.83. The maximum Gasteiger partial charge on any atom is 0.217 e. The van der Waals surface area contributed by atoms with E-state index in [4.69, 9.17) is 25.7 Å². The zero-order chi connectivity index (χ0) is 14.4. The van der Waals surface area contributed by atoms with Crippen molar-refractivity contribution in [3.05, 3.63) is 17.7 Å². The minimum absolute atomic E-state index is 0.208. The number of carbonyl (C=O) groups excluding carboxylic acids is 1. The fraction of sp³-hybridized carbons (Fsp3) is 0.462. The molecule has 0 heterocycles. The number of hydrogen-bond acceptors (Lipinski definition) is 5. The lowest BCUT2D eigenvalue weighted by molar-refractivity contribution is -0.118. The summed E-state index contributed by atoms with van der Waals surface area (Å²) in [5.41, 5.74) is 11.9. The molecule has 1 aromatic rings. The predicted octanol–water partition coefficient (Wildman–Crippen LogP) is 0.978. The van der Waals surface area contributed by atoms with Crippen molar-refractivity contribution in [2.45, 2.75) is 18.9 Å². The first-order valence-corrected chi connectivity index (χ1v) is 5.87. The highest BCUT2D eigenvalue weighted by molar-refractivity contribution is 5.73. The van der Waals surface area contributed by atoms with Gasteiger partial charge in [0, 0.05) is 24.6 Å². The lowest BCUT2D eigenvalue weighted by Gasteiger charge is -2.19. The van der Waals surface area contributed by atoms with Crippen molar-refractivity contribution in [2.24, 2.45) is 11.5 Å². The van der Waals surface area contributed by atoms with Gasteiger partial charge < -0.3 is 25.7 Å². The number of methoxy groups -OCH3 is 3. The molecule has 1 rings (SSSR count). The smallest absolute Gasteiger partial charge is 0.217 e. The highest BCUT2D eigenvalue weighted by Gasteiger charge is 2.20. The van der Waals surface area contributed by atoms with Crippen molar-refractivity contribution in [1.29, 1.82) is 0 Å². The molecular formula is C13H20N2O4. The summed E-state index contributed by atoms with van der Waals surface area (Å²) in [6, 6.07) is 3.05. The highest BCUT2D eigenvalue weighted by atomic mass is 16.5. The number of amides is 1. The van der Waals surface area contributed by atoms with E-state index in [1.807, 2.05) is 0 Å². The third-order valence-electron chi connectivity index (χ3n) is 2.83. The number of benzene rings is 1. The van der Waals surface area contributed by atoms with Gasteiger partial charge in [0.25, 0.3) is 0 Å². The number of nitrogens with two attached hydrogens (primary N) is 2. The topological polar surface area (TPSA) is 96.8 Å². The van der Waals surface area contributed by atoms with Gasteiger partial charge in [0.15, 0.2) is 0 Å². The van der Waals surface area contributed by atoms with Crippen LogP contribution in [-0.4, -0.2) is 27.2 Å². The Morgan fingerprint density at radius 2 is 1.68 bits per heavy atom. The van der Waals surface area contributed by atoms with E-state index in [-0.39, 0.29) is 12.3 Å². The van der Waals surface area contributed by atoms with Crippen molar-refractivity contribution in [2.75, 3.05) is 21.3 Å². The van der Waals surface area contributed by atoms with E-state index in [0.29, 0.717) is 29.2 Å². The second-order valence-corrected chi connectivity index (χ2v) is 4.06. The molecule has 1 atom stereocenters. The van der Waals surface area contributed by atoms with Gasteiger partial charge in [-0.25, -0.2) is 0 Å². The molecule has 0 aliphatic rings. The lowest BCUT2D eigenvalue weighted by atomic mass is 10.00. The zero-order valence-corrected chi connectivity index (χ0v) is 11.4. The van der Waals surface area contributed by atoms with Crippen LogP contribution in [0.5, 0.6) is 17.2 Å². The molecule has 4 N–H and O–H groups in total. The quantitative estimate of drug-likeness (QED) is 0.768. The summed E-state index contributed by atoms with van der Waals surface area (Å²) in [5, 5.41) is 0. The van der Waals surface area contributed by atoms with Crippen LogP contribution in [0.25, 0.3) is 0 Å². The first-order valence-electron chi connectivity index (χ1n) is 5.87. The lowest BCUT2D eigenvalue weighted by Crippen LogP contribution is -2.17. The van der Waals surface area contributed by atoms with Crippen LogP contribution in [0, 0.1) is 0 Å². The maximum absolute atomic E-state index is 10.8. The Morgan fingerprint density at radius 3 is 2.05 bits per heavy atom. The SMILES string of the molecule is COc1cc(OC)c(C(N)CCC(N)=O)c(OC)c1. The fourth-order valence-electron chi connectivity index (χ4n) is 1.84. The van der Waals surface area contributed by atoms with E-state index in [9.17, 15) is 4.79 Å². The van der Waals surface area contributed by atoms with Crippen molar-refractivity contribution in [3.8, 4) is 17.2 Å². The van der Waals surface area contributed by atoms with Crippen LogP contribution in [0.1, 0.15) is 24.4 Å². The van der Waals surface area contributed by atoms with Crippen molar-refractivity contribution in [1.82, 2.24) is 0 Å². The fourth-order valence-corrected chi connectivity index (χ4v) is 1.84. The van der Waals surface area contributed by atoms with Crippen LogP contribution in [0.15, 0.2) is 12.1 Å². The van der Waals surface area contributed by atoms with Gasteiger partial charge in [0.1, 0.15) is 17.2 Å². The van der Waals surface area contributed by atoms with E-state index in [0.717, 1.165) is 0 Å². The number of primary amides is 1. The zero-order valence-electron chi connectivity index (χ0n) is 11.4. The van der Waals surface area contributed by atoms with E-state index in [1.54, 1.807) is 33.5 Å². The van der Waals surface area contributed by atoms with Gasteiger partial charge in [-0.05, 0) is 6.42 Å². The molecule has 0 aromatic heterocycles. The van der Waals surface area contributed by atoms with Crippen molar-refractivity contribution in [3.63, 3.8) is 0 Å². The molecule has 6 heteroatoms. The third kappa shape index (κ3) is 3.75. The average Bonchev–Trinajstić information content (AvgIpc) is 2.42. The number of ether oxygens (including phenoxy) is 3. The highest BCUT2D eigenvalue weighted by Crippen LogP contribution is 2.38. The largest absolute Gasteiger partial charge is 0.496 e. The molecule has 6 nitrogen and oxygen atoms in total. The molecule has 0 bridgehead atoms. The Bertz CT molecular complexity index is 423. The van der Waals surface area contributed by atoms with Gasteiger partial charge in [-0.3, -0.25) is 4.79 Å². The molecule has 1 aromatic carbocycles. The van der Waals surface area contributed by atoms with E-state index < -0.39 is 6.04 Å². The molecule has 1 amide bonds. The number of hydrogen-bond donors (Lipinski definition) is 2. The molecule has 0 radical (unpaired) electrons. The minimum Gasteiger partial charge on any atom is -0.496 e. The Labute approximate surface area is 112 Å². The van der Waals surface area contributed by atoms with E-state index in [1.165, 1.54) is 0 Å². The Hall–Kier alpha value is -1.95. The van der Waals surface area contributed by atoms with Gasteiger partial charge in [0.2, 0.25) is 5.91 Å². The molecule has 0 aliphatic heterocycles. The first-order chi connectivity index (χ1) is 9.03.